The second-order valence-corrected chi connectivity index (χ2v) is 5.54. The van der Waals surface area contributed by atoms with Crippen LogP contribution in [0.3, 0.4) is 0 Å². The minimum absolute atomic E-state index is 0. The van der Waals surface area contributed by atoms with Crippen molar-refractivity contribution in [2.75, 3.05) is 19.8 Å². The molecule has 0 aliphatic rings. The van der Waals surface area contributed by atoms with Gasteiger partial charge < -0.3 is 15.8 Å². The molecule has 0 amide bonds. The van der Waals surface area contributed by atoms with E-state index in [1.165, 1.54) is 0 Å². The zero-order chi connectivity index (χ0) is 17.4. The molecule has 0 saturated carbocycles. The Bertz CT molecular complexity index is 668. The minimum atomic E-state index is 0. The number of pyridine rings is 1. The number of aromatic nitrogens is 3. The lowest BCUT2D eigenvalue weighted by Gasteiger charge is -2.06. The maximum atomic E-state index is 5.84. The van der Waals surface area contributed by atoms with Gasteiger partial charge in [-0.05, 0) is 44.9 Å². The van der Waals surface area contributed by atoms with E-state index in [0.717, 1.165) is 48.9 Å². The van der Waals surface area contributed by atoms with Crippen molar-refractivity contribution in [3.63, 3.8) is 0 Å². The van der Waals surface area contributed by atoms with Crippen LogP contribution in [0, 0.1) is 13.8 Å². The largest absolute Gasteiger partial charge is 0.382 e. The van der Waals surface area contributed by atoms with Crippen LogP contribution in [0.4, 0.5) is 0 Å². The molecular formula is C17H27IN6O. The Balaban J connectivity index is 0.00000312. The number of nitrogens with two attached hydrogens (primary N) is 1. The summed E-state index contributed by atoms with van der Waals surface area (Å²) in [5.74, 6) is 1.24. The number of aryl methyl sites for hydroxylation is 2. The van der Waals surface area contributed by atoms with E-state index in [1.807, 2.05) is 43.7 Å². The van der Waals surface area contributed by atoms with E-state index in [4.69, 9.17) is 10.5 Å². The Kier molecular flexibility index (Phi) is 9.43. The van der Waals surface area contributed by atoms with Gasteiger partial charge in [0, 0.05) is 31.6 Å². The predicted molar refractivity (Wildman–Crippen MR) is 111 cm³/mol. The summed E-state index contributed by atoms with van der Waals surface area (Å²) in [7, 11) is 0. The Labute approximate surface area is 166 Å². The average molecular weight is 458 g/mol. The van der Waals surface area contributed by atoms with Crippen LogP contribution in [0.15, 0.2) is 29.4 Å². The van der Waals surface area contributed by atoms with Crippen LogP contribution in [-0.2, 0) is 11.3 Å². The van der Waals surface area contributed by atoms with E-state index < -0.39 is 0 Å². The van der Waals surface area contributed by atoms with Crippen molar-refractivity contribution in [2.24, 2.45) is 10.7 Å². The second kappa shape index (κ2) is 11.0. The van der Waals surface area contributed by atoms with Crippen molar-refractivity contribution in [3.05, 3.63) is 41.3 Å². The molecule has 0 aliphatic heterocycles. The Morgan fingerprint density at radius 3 is 2.76 bits per heavy atom. The molecule has 0 fully saturated rings. The summed E-state index contributed by atoms with van der Waals surface area (Å²) in [6, 6.07) is 5.96. The maximum Gasteiger partial charge on any atom is 0.188 e. The molecule has 2 rings (SSSR count). The first-order valence-corrected chi connectivity index (χ1v) is 8.20. The van der Waals surface area contributed by atoms with Gasteiger partial charge in [0.25, 0.3) is 0 Å². The molecule has 0 saturated heterocycles. The maximum absolute atomic E-state index is 5.84. The van der Waals surface area contributed by atoms with Gasteiger partial charge in [0.1, 0.15) is 0 Å². The normalized spacial score (nSPS) is 11.2. The molecule has 138 valence electrons. The molecule has 0 atom stereocenters. The first kappa shape index (κ1) is 21.4. The number of guanidine groups is 1. The lowest BCUT2D eigenvalue weighted by atomic mass is 10.3. The third-order valence-electron chi connectivity index (χ3n) is 3.44. The number of ether oxygens (including phenoxy) is 1. The van der Waals surface area contributed by atoms with Crippen molar-refractivity contribution in [2.45, 2.75) is 33.7 Å². The van der Waals surface area contributed by atoms with E-state index in [-0.39, 0.29) is 24.0 Å². The zero-order valence-corrected chi connectivity index (χ0v) is 17.4. The van der Waals surface area contributed by atoms with E-state index >= 15 is 0 Å². The molecule has 0 aromatic carbocycles. The number of nitrogens with one attached hydrogen (secondary N) is 1. The lowest BCUT2D eigenvalue weighted by molar-refractivity contribution is 0.145. The molecule has 0 spiro atoms. The number of rotatable bonds is 8. The van der Waals surface area contributed by atoms with Gasteiger partial charge in [-0.3, -0.25) is 0 Å². The van der Waals surface area contributed by atoms with Crippen LogP contribution in [0.1, 0.15) is 30.3 Å². The predicted octanol–water partition coefficient (Wildman–Crippen LogP) is 2.33. The van der Waals surface area contributed by atoms with Gasteiger partial charge in [-0.2, -0.15) is 5.10 Å². The van der Waals surface area contributed by atoms with Crippen LogP contribution < -0.4 is 11.1 Å². The molecule has 0 unspecified atom stereocenters. The van der Waals surface area contributed by atoms with Crippen LogP contribution >= 0.6 is 24.0 Å². The van der Waals surface area contributed by atoms with Crippen molar-refractivity contribution < 1.29 is 4.74 Å². The van der Waals surface area contributed by atoms with Crippen molar-refractivity contribution in [1.29, 1.82) is 0 Å². The smallest absolute Gasteiger partial charge is 0.188 e. The van der Waals surface area contributed by atoms with E-state index in [9.17, 15) is 0 Å². The van der Waals surface area contributed by atoms with Gasteiger partial charge in [0.05, 0.1) is 12.2 Å². The number of nitrogens with zero attached hydrogens (tertiary/aromatic N) is 4. The highest BCUT2D eigenvalue weighted by atomic mass is 127. The topological polar surface area (TPSA) is 90.3 Å². The van der Waals surface area contributed by atoms with Crippen LogP contribution in [0.25, 0.3) is 5.82 Å². The molecule has 0 bridgehead atoms. The average Bonchev–Trinajstić information content (AvgIpc) is 2.91. The molecular weight excluding hydrogens is 431 g/mol. The van der Waals surface area contributed by atoms with Gasteiger partial charge in [0.15, 0.2) is 11.8 Å². The lowest BCUT2D eigenvalue weighted by Crippen LogP contribution is -2.32. The van der Waals surface area contributed by atoms with Crippen LogP contribution in [0.5, 0.6) is 0 Å². The Morgan fingerprint density at radius 1 is 1.36 bits per heavy atom. The fourth-order valence-corrected chi connectivity index (χ4v) is 2.26. The van der Waals surface area contributed by atoms with Crippen molar-refractivity contribution in [3.8, 4) is 5.82 Å². The third-order valence-corrected chi connectivity index (χ3v) is 3.44. The summed E-state index contributed by atoms with van der Waals surface area (Å²) in [6.45, 7) is 8.68. The van der Waals surface area contributed by atoms with Gasteiger partial charge in [0.2, 0.25) is 0 Å². The number of hydrogen-bond acceptors (Lipinski definition) is 4. The first-order valence-electron chi connectivity index (χ1n) is 8.20. The molecule has 2 aromatic rings. The summed E-state index contributed by atoms with van der Waals surface area (Å²) < 4.78 is 7.10. The fraction of sp³-hybridized carbons (Fsp3) is 0.471. The molecule has 0 radical (unpaired) electrons. The molecule has 0 aliphatic carbocycles. The van der Waals surface area contributed by atoms with Crippen LogP contribution in [-0.4, -0.2) is 40.5 Å². The van der Waals surface area contributed by atoms with Crippen molar-refractivity contribution >= 4 is 29.9 Å². The monoisotopic (exact) mass is 458 g/mol. The van der Waals surface area contributed by atoms with Gasteiger partial charge >= 0.3 is 0 Å². The number of halogens is 1. The highest BCUT2D eigenvalue weighted by Crippen LogP contribution is 2.10. The highest BCUT2D eigenvalue weighted by molar-refractivity contribution is 14.0. The molecule has 7 nitrogen and oxygen atoms in total. The quantitative estimate of drug-likeness (QED) is 0.274. The fourth-order valence-electron chi connectivity index (χ4n) is 2.26. The Hall–Kier alpha value is -1.68. The SMILES string of the molecule is CCOCCCNC(N)=NCc1ccc(-n2nc(C)cc2C)nc1.I. The summed E-state index contributed by atoms with van der Waals surface area (Å²) in [6.07, 6.45) is 2.71. The van der Waals surface area contributed by atoms with Gasteiger partial charge in [-0.1, -0.05) is 6.07 Å². The third kappa shape index (κ3) is 6.99. The summed E-state index contributed by atoms with van der Waals surface area (Å²) >= 11 is 0. The number of hydrogen-bond donors (Lipinski definition) is 2. The zero-order valence-electron chi connectivity index (χ0n) is 15.0. The molecule has 25 heavy (non-hydrogen) atoms. The number of aliphatic imine (C=N–C) groups is 1. The highest BCUT2D eigenvalue weighted by Gasteiger charge is 2.04. The van der Waals surface area contributed by atoms with Crippen molar-refractivity contribution in [1.82, 2.24) is 20.1 Å². The molecule has 2 heterocycles. The summed E-state index contributed by atoms with van der Waals surface area (Å²) in [5, 5.41) is 7.50. The standard InChI is InChI=1S/C17H26N6O.HI/c1-4-24-9-5-8-19-17(18)21-12-15-6-7-16(20-11-15)23-14(3)10-13(2)22-23;/h6-7,10-11H,4-5,8-9,12H2,1-3H3,(H3,18,19,21);1H. The van der Waals surface area contributed by atoms with Gasteiger partial charge in [-0.15, -0.1) is 24.0 Å². The Morgan fingerprint density at radius 2 is 2.16 bits per heavy atom. The van der Waals surface area contributed by atoms with Gasteiger partial charge in [-0.25, -0.2) is 14.7 Å². The molecule has 2 aromatic heterocycles. The van der Waals surface area contributed by atoms with E-state index in [0.29, 0.717) is 12.5 Å². The van der Waals surface area contributed by atoms with Crippen LogP contribution in [0.2, 0.25) is 0 Å². The van der Waals surface area contributed by atoms with E-state index in [1.54, 1.807) is 6.20 Å². The van der Waals surface area contributed by atoms with E-state index in [2.05, 4.69) is 20.4 Å². The summed E-state index contributed by atoms with van der Waals surface area (Å²) in [4.78, 5) is 8.77. The first-order chi connectivity index (χ1) is 11.6. The molecule has 3 N–H and O–H groups in total. The second-order valence-electron chi connectivity index (χ2n) is 5.54. The minimum Gasteiger partial charge on any atom is -0.382 e. The molecule has 8 heteroatoms. The summed E-state index contributed by atoms with van der Waals surface area (Å²) in [5.41, 5.74) is 8.88.